The predicted octanol–water partition coefficient (Wildman–Crippen LogP) is 2.37. The van der Waals surface area contributed by atoms with Gasteiger partial charge in [-0.1, -0.05) is 19.1 Å². The standard InChI is InChI=1S/C15H20N4O/c1-2-3-14-18-13(16)10-15(19-14)17-9-8-11-4-6-12(20)7-5-11/h4-7,10,20H,2-3,8-9H2,1H3,(H3,16,17,18,19). The lowest BCUT2D eigenvalue weighted by Crippen LogP contribution is -2.09. The van der Waals surface area contributed by atoms with E-state index < -0.39 is 0 Å². The summed E-state index contributed by atoms with van der Waals surface area (Å²) in [6.45, 7) is 2.84. The van der Waals surface area contributed by atoms with Gasteiger partial charge in [0.15, 0.2) is 0 Å². The fourth-order valence-corrected chi connectivity index (χ4v) is 1.94. The molecule has 0 fully saturated rings. The molecule has 1 aromatic heterocycles. The van der Waals surface area contributed by atoms with Gasteiger partial charge in [0.05, 0.1) is 0 Å². The van der Waals surface area contributed by atoms with Gasteiger partial charge in [-0.2, -0.15) is 0 Å². The van der Waals surface area contributed by atoms with Crippen molar-refractivity contribution in [2.45, 2.75) is 26.2 Å². The highest BCUT2D eigenvalue weighted by atomic mass is 16.3. The predicted molar refractivity (Wildman–Crippen MR) is 80.7 cm³/mol. The summed E-state index contributed by atoms with van der Waals surface area (Å²) in [6, 6.07) is 8.95. The average molecular weight is 272 g/mol. The molecule has 0 saturated heterocycles. The first-order valence-electron chi connectivity index (χ1n) is 6.82. The van der Waals surface area contributed by atoms with E-state index in [-0.39, 0.29) is 5.75 Å². The number of rotatable bonds is 6. The minimum absolute atomic E-state index is 0.287. The molecule has 0 aliphatic carbocycles. The molecule has 106 valence electrons. The molecule has 1 heterocycles. The van der Waals surface area contributed by atoms with Crippen LogP contribution in [0, 0.1) is 0 Å². The number of anilines is 2. The van der Waals surface area contributed by atoms with Gasteiger partial charge in [0, 0.05) is 19.0 Å². The molecule has 2 rings (SSSR count). The number of nitrogen functional groups attached to an aromatic ring is 1. The van der Waals surface area contributed by atoms with E-state index in [4.69, 9.17) is 5.73 Å². The van der Waals surface area contributed by atoms with Crippen LogP contribution in [0.1, 0.15) is 24.7 Å². The fourth-order valence-electron chi connectivity index (χ4n) is 1.94. The van der Waals surface area contributed by atoms with E-state index in [1.54, 1.807) is 18.2 Å². The second kappa shape index (κ2) is 6.75. The number of nitrogens with one attached hydrogen (secondary N) is 1. The molecule has 4 N–H and O–H groups in total. The van der Waals surface area contributed by atoms with Crippen LogP contribution >= 0.6 is 0 Å². The molecule has 0 spiro atoms. The lowest BCUT2D eigenvalue weighted by Gasteiger charge is -2.08. The number of phenolic OH excluding ortho intramolecular Hbond substituents is 1. The van der Waals surface area contributed by atoms with Gasteiger partial charge >= 0.3 is 0 Å². The van der Waals surface area contributed by atoms with Crippen molar-refractivity contribution in [2.75, 3.05) is 17.6 Å². The highest BCUT2D eigenvalue weighted by Gasteiger charge is 2.02. The molecule has 0 aliphatic heterocycles. The van der Waals surface area contributed by atoms with Crippen molar-refractivity contribution in [3.8, 4) is 5.75 Å². The maximum Gasteiger partial charge on any atom is 0.133 e. The van der Waals surface area contributed by atoms with Crippen molar-refractivity contribution in [1.82, 2.24) is 9.97 Å². The number of hydrogen-bond acceptors (Lipinski definition) is 5. The van der Waals surface area contributed by atoms with Crippen LogP contribution in [0.25, 0.3) is 0 Å². The summed E-state index contributed by atoms with van der Waals surface area (Å²) in [6.07, 6.45) is 2.68. The maximum absolute atomic E-state index is 9.23. The molecule has 0 atom stereocenters. The summed E-state index contributed by atoms with van der Waals surface area (Å²) in [5.41, 5.74) is 6.93. The van der Waals surface area contributed by atoms with Gasteiger partial charge in [0.25, 0.3) is 0 Å². The molecule has 5 nitrogen and oxygen atoms in total. The Morgan fingerprint density at radius 1 is 1.15 bits per heavy atom. The quantitative estimate of drug-likeness (QED) is 0.752. The second-order valence-electron chi connectivity index (χ2n) is 4.69. The van der Waals surface area contributed by atoms with Crippen LogP contribution in [0.2, 0.25) is 0 Å². The van der Waals surface area contributed by atoms with Gasteiger partial charge < -0.3 is 16.2 Å². The van der Waals surface area contributed by atoms with Crippen LogP contribution in [0.4, 0.5) is 11.6 Å². The molecule has 0 unspecified atom stereocenters. The highest BCUT2D eigenvalue weighted by Crippen LogP contribution is 2.12. The zero-order valence-corrected chi connectivity index (χ0v) is 11.6. The Hall–Kier alpha value is -2.30. The van der Waals surface area contributed by atoms with Crippen molar-refractivity contribution in [2.24, 2.45) is 0 Å². The number of nitrogens with zero attached hydrogens (tertiary/aromatic N) is 2. The molecular formula is C15H20N4O. The van der Waals surface area contributed by atoms with E-state index >= 15 is 0 Å². The molecule has 1 aromatic carbocycles. The Bertz CT molecular complexity index is 554. The molecule has 0 aliphatic rings. The third-order valence-corrected chi connectivity index (χ3v) is 2.92. The highest BCUT2D eigenvalue weighted by molar-refractivity contribution is 5.44. The van der Waals surface area contributed by atoms with E-state index in [1.165, 1.54) is 0 Å². The van der Waals surface area contributed by atoms with Crippen LogP contribution in [0.3, 0.4) is 0 Å². The van der Waals surface area contributed by atoms with Gasteiger partial charge in [-0.05, 0) is 30.5 Å². The summed E-state index contributed by atoms with van der Waals surface area (Å²) in [4.78, 5) is 8.62. The first-order valence-corrected chi connectivity index (χ1v) is 6.82. The van der Waals surface area contributed by atoms with Crippen molar-refractivity contribution < 1.29 is 5.11 Å². The zero-order chi connectivity index (χ0) is 14.4. The monoisotopic (exact) mass is 272 g/mol. The molecule has 5 heteroatoms. The zero-order valence-electron chi connectivity index (χ0n) is 11.6. The lowest BCUT2D eigenvalue weighted by atomic mass is 10.1. The van der Waals surface area contributed by atoms with E-state index in [1.807, 2.05) is 12.1 Å². The van der Waals surface area contributed by atoms with Crippen molar-refractivity contribution in [3.63, 3.8) is 0 Å². The van der Waals surface area contributed by atoms with E-state index in [0.29, 0.717) is 5.82 Å². The van der Waals surface area contributed by atoms with Crippen LogP contribution < -0.4 is 11.1 Å². The third kappa shape index (κ3) is 4.12. The number of hydrogen-bond donors (Lipinski definition) is 3. The van der Waals surface area contributed by atoms with Gasteiger partial charge in [-0.25, -0.2) is 9.97 Å². The van der Waals surface area contributed by atoms with Crippen LogP contribution in [-0.4, -0.2) is 21.6 Å². The number of nitrogens with two attached hydrogens (primary N) is 1. The second-order valence-corrected chi connectivity index (χ2v) is 4.69. The lowest BCUT2D eigenvalue weighted by molar-refractivity contribution is 0.475. The SMILES string of the molecule is CCCc1nc(N)cc(NCCc2ccc(O)cc2)n1. The fraction of sp³-hybridized carbons (Fsp3) is 0.333. The average Bonchev–Trinajstić information content (AvgIpc) is 2.41. The summed E-state index contributed by atoms with van der Waals surface area (Å²) in [5.74, 6) is 2.32. The normalized spacial score (nSPS) is 10.4. The van der Waals surface area contributed by atoms with E-state index in [9.17, 15) is 5.11 Å². The Morgan fingerprint density at radius 2 is 1.90 bits per heavy atom. The Balaban J connectivity index is 1.91. The summed E-state index contributed by atoms with van der Waals surface area (Å²) >= 11 is 0. The largest absolute Gasteiger partial charge is 0.508 e. The number of aryl methyl sites for hydroxylation is 1. The van der Waals surface area contributed by atoms with Crippen molar-refractivity contribution in [3.05, 3.63) is 41.7 Å². The molecule has 0 radical (unpaired) electrons. The van der Waals surface area contributed by atoms with Gasteiger partial charge in [0.2, 0.25) is 0 Å². The van der Waals surface area contributed by atoms with Gasteiger partial charge in [-0.3, -0.25) is 0 Å². The number of phenols is 1. The molecular weight excluding hydrogens is 252 g/mol. The number of aromatic hydroxyl groups is 1. The van der Waals surface area contributed by atoms with Crippen molar-refractivity contribution >= 4 is 11.6 Å². The van der Waals surface area contributed by atoms with E-state index in [2.05, 4.69) is 22.2 Å². The molecule has 2 aromatic rings. The Morgan fingerprint density at radius 3 is 2.60 bits per heavy atom. The van der Waals surface area contributed by atoms with Crippen LogP contribution in [0.5, 0.6) is 5.75 Å². The molecule has 0 saturated carbocycles. The first-order chi connectivity index (χ1) is 9.67. The molecule has 20 heavy (non-hydrogen) atoms. The summed E-state index contributed by atoms with van der Waals surface area (Å²) < 4.78 is 0. The van der Waals surface area contributed by atoms with Crippen LogP contribution in [-0.2, 0) is 12.8 Å². The van der Waals surface area contributed by atoms with Crippen LogP contribution in [0.15, 0.2) is 30.3 Å². The molecule has 0 amide bonds. The minimum Gasteiger partial charge on any atom is -0.508 e. The van der Waals surface area contributed by atoms with Crippen molar-refractivity contribution in [1.29, 1.82) is 0 Å². The third-order valence-electron chi connectivity index (χ3n) is 2.92. The topological polar surface area (TPSA) is 84.1 Å². The first kappa shape index (κ1) is 14.1. The summed E-state index contributed by atoms with van der Waals surface area (Å²) in [7, 11) is 0. The Kier molecular flexibility index (Phi) is 4.76. The maximum atomic E-state index is 9.23. The summed E-state index contributed by atoms with van der Waals surface area (Å²) in [5, 5.41) is 12.5. The number of aromatic nitrogens is 2. The smallest absolute Gasteiger partial charge is 0.133 e. The van der Waals surface area contributed by atoms with Gasteiger partial charge in [0.1, 0.15) is 23.2 Å². The van der Waals surface area contributed by atoms with Gasteiger partial charge in [-0.15, -0.1) is 0 Å². The van der Waals surface area contributed by atoms with E-state index in [0.717, 1.165) is 43.0 Å². The minimum atomic E-state index is 0.287. The number of benzene rings is 1. The Labute approximate surface area is 118 Å². The molecule has 0 bridgehead atoms.